The number of rotatable bonds is 10. The van der Waals surface area contributed by atoms with Crippen LogP contribution < -0.4 is 5.73 Å². The predicted octanol–water partition coefficient (Wildman–Crippen LogP) is 5.85. The Hall–Kier alpha value is -0.820. The first-order chi connectivity index (χ1) is 9.58. The first-order valence-corrected chi connectivity index (χ1v) is 8.38. The molecule has 0 aliphatic rings. The molecule has 1 nitrogen and oxygen atoms in total. The van der Waals surface area contributed by atoms with Crippen LogP contribution in [-0.4, -0.2) is 0 Å². The van der Waals surface area contributed by atoms with Crippen molar-refractivity contribution in [2.75, 3.05) is 0 Å². The van der Waals surface area contributed by atoms with E-state index in [4.69, 9.17) is 5.73 Å². The van der Waals surface area contributed by atoms with Gasteiger partial charge in [0.25, 0.3) is 0 Å². The summed E-state index contributed by atoms with van der Waals surface area (Å²) in [6.45, 7) is 6.89. The molecule has 0 aliphatic heterocycles. The zero-order chi connectivity index (χ0) is 14.8. The van der Waals surface area contributed by atoms with Crippen LogP contribution in [0.3, 0.4) is 0 Å². The highest BCUT2D eigenvalue weighted by Crippen LogP contribution is 2.36. The average molecular weight is 275 g/mol. The maximum Gasteiger partial charge on any atom is 0.0346 e. The minimum absolute atomic E-state index is 0.142. The van der Waals surface area contributed by atoms with Gasteiger partial charge in [-0.15, -0.1) is 0 Å². The van der Waals surface area contributed by atoms with Crippen molar-refractivity contribution in [2.45, 2.75) is 78.2 Å². The molecule has 0 fully saturated rings. The Balaban J connectivity index is 2.27. The average Bonchev–Trinajstić information content (AvgIpc) is 2.46. The van der Waals surface area contributed by atoms with Crippen LogP contribution in [-0.2, 0) is 0 Å². The quantitative estimate of drug-likeness (QED) is 0.532. The van der Waals surface area contributed by atoms with Gasteiger partial charge in [-0.1, -0.05) is 96.0 Å². The van der Waals surface area contributed by atoms with Crippen molar-refractivity contribution in [3.63, 3.8) is 0 Å². The van der Waals surface area contributed by atoms with Gasteiger partial charge < -0.3 is 5.73 Å². The summed E-state index contributed by atoms with van der Waals surface area (Å²) in [6, 6.07) is 10.7. The minimum Gasteiger partial charge on any atom is -0.324 e. The Morgan fingerprint density at radius 2 is 1.45 bits per heavy atom. The van der Waals surface area contributed by atoms with Gasteiger partial charge in [-0.25, -0.2) is 0 Å². The van der Waals surface area contributed by atoms with Crippen molar-refractivity contribution in [1.29, 1.82) is 0 Å². The fourth-order valence-corrected chi connectivity index (χ4v) is 2.80. The molecule has 0 bridgehead atoms. The van der Waals surface area contributed by atoms with Crippen molar-refractivity contribution >= 4 is 0 Å². The summed E-state index contributed by atoms with van der Waals surface area (Å²) < 4.78 is 0. The predicted molar refractivity (Wildman–Crippen MR) is 89.8 cm³/mol. The summed E-state index contributed by atoms with van der Waals surface area (Å²) in [5.41, 5.74) is 7.90. The lowest BCUT2D eigenvalue weighted by atomic mass is 9.77. The Bertz CT molecular complexity index is 342. The van der Waals surface area contributed by atoms with Crippen molar-refractivity contribution in [3.8, 4) is 0 Å². The van der Waals surface area contributed by atoms with Gasteiger partial charge in [-0.2, -0.15) is 0 Å². The van der Waals surface area contributed by atoms with E-state index in [1.54, 1.807) is 0 Å². The molecule has 0 spiro atoms. The molecule has 0 radical (unpaired) electrons. The molecule has 1 heteroatoms. The van der Waals surface area contributed by atoms with Crippen LogP contribution in [0.25, 0.3) is 0 Å². The van der Waals surface area contributed by atoms with Crippen LogP contribution in [0.2, 0.25) is 0 Å². The van der Waals surface area contributed by atoms with Crippen LogP contribution in [0, 0.1) is 5.41 Å². The molecule has 20 heavy (non-hydrogen) atoms. The first-order valence-electron chi connectivity index (χ1n) is 8.38. The molecule has 0 amide bonds. The summed E-state index contributed by atoms with van der Waals surface area (Å²) >= 11 is 0. The zero-order valence-electron chi connectivity index (χ0n) is 13.7. The summed E-state index contributed by atoms with van der Waals surface area (Å²) in [6.07, 6.45) is 10.8. The van der Waals surface area contributed by atoms with E-state index in [1.165, 1.54) is 56.9 Å². The van der Waals surface area contributed by atoms with Crippen LogP contribution in [0.4, 0.5) is 0 Å². The molecule has 1 rings (SSSR count). The Labute approximate surface area is 126 Å². The second-order valence-electron chi connectivity index (χ2n) is 6.75. The standard InChI is InChI=1S/C19H33N/c1-4-5-6-7-8-9-13-16-19(2,3)18(20)17-14-11-10-12-15-17/h10-12,14-15,18H,4-9,13,16,20H2,1-3H3. The summed E-state index contributed by atoms with van der Waals surface area (Å²) in [5.74, 6) is 0. The van der Waals surface area contributed by atoms with E-state index in [0.717, 1.165) is 0 Å². The van der Waals surface area contributed by atoms with Crippen molar-refractivity contribution in [1.82, 2.24) is 0 Å². The van der Waals surface area contributed by atoms with Crippen molar-refractivity contribution < 1.29 is 0 Å². The fraction of sp³-hybridized carbons (Fsp3) is 0.684. The number of unbranched alkanes of at least 4 members (excludes halogenated alkanes) is 6. The molecule has 2 N–H and O–H groups in total. The Morgan fingerprint density at radius 3 is 2.05 bits per heavy atom. The second-order valence-corrected chi connectivity index (χ2v) is 6.75. The van der Waals surface area contributed by atoms with E-state index in [1.807, 2.05) is 0 Å². The lowest BCUT2D eigenvalue weighted by Gasteiger charge is -2.32. The maximum atomic E-state index is 6.45. The van der Waals surface area contributed by atoms with Crippen LogP contribution in [0.15, 0.2) is 30.3 Å². The van der Waals surface area contributed by atoms with Gasteiger partial charge in [0.2, 0.25) is 0 Å². The Kier molecular flexibility index (Phi) is 7.91. The fourth-order valence-electron chi connectivity index (χ4n) is 2.80. The summed E-state index contributed by atoms with van der Waals surface area (Å²) in [4.78, 5) is 0. The molecule has 0 saturated heterocycles. The smallest absolute Gasteiger partial charge is 0.0346 e. The van der Waals surface area contributed by atoms with Crippen molar-refractivity contribution in [3.05, 3.63) is 35.9 Å². The van der Waals surface area contributed by atoms with Gasteiger partial charge in [0, 0.05) is 6.04 Å². The topological polar surface area (TPSA) is 26.0 Å². The van der Waals surface area contributed by atoms with E-state index < -0.39 is 0 Å². The van der Waals surface area contributed by atoms with E-state index >= 15 is 0 Å². The molecule has 0 heterocycles. The number of hydrogen-bond acceptors (Lipinski definition) is 1. The van der Waals surface area contributed by atoms with E-state index in [9.17, 15) is 0 Å². The lowest BCUT2D eigenvalue weighted by Crippen LogP contribution is -2.29. The molecule has 114 valence electrons. The molecule has 1 aromatic carbocycles. The van der Waals surface area contributed by atoms with Gasteiger partial charge >= 0.3 is 0 Å². The van der Waals surface area contributed by atoms with Gasteiger partial charge in [-0.05, 0) is 17.4 Å². The molecule has 0 saturated carbocycles. The third-order valence-electron chi connectivity index (χ3n) is 4.43. The molecule has 1 unspecified atom stereocenters. The van der Waals surface area contributed by atoms with Gasteiger partial charge in [-0.3, -0.25) is 0 Å². The van der Waals surface area contributed by atoms with Crippen molar-refractivity contribution in [2.24, 2.45) is 11.1 Å². The molecule has 1 aromatic rings. The Morgan fingerprint density at radius 1 is 0.900 bits per heavy atom. The molecular weight excluding hydrogens is 242 g/mol. The van der Waals surface area contributed by atoms with Gasteiger partial charge in [0.05, 0.1) is 0 Å². The minimum atomic E-state index is 0.142. The first kappa shape index (κ1) is 17.2. The third-order valence-corrected chi connectivity index (χ3v) is 4.43. The largest absolute Gasteiger partial charge is 0.324 e. The maximum absolute atomic E-state index is 6.45. The third kappa shape index (κ3) is 6.09. The summed E-state index contributed by atoms with van der Waals surface area (Å²) in [5, 5.41) is 0. The van der Waals surface area contributed by atoms with E-state index in [0.29, 0.717) is 0 Å². The second kappa shape index (κ2) is 9.18. The monoisotopic (exact) mass is 275 g/mol. The van der Waals surface area contributed by atoms with Gasteiger partial charge in [0.1, 0.15) is 0 Å². The highest BCUT2D eigenvalue weighted by Gasteiger charge is 2.26. The molecule has 0 aliphatic carbocycles. The van der Waals surface area contributed by atoms with Crippen LogP contribution in [0.1, 0.15) is 83.7 Å². The summed E-state index contributed by atoms with van der Waals surface area (Å²) in [7, 11) is 0. The zero-order valence-corrected chi connectivity index (χ0v) is 13.7. The number of nitrogens with two attached hydrogens (primary N) is 1. The molecule has 1 atom stereocenters. The number of benzene rings is 1. The highest BCUT2D eigenvalue weighted by atomic mass is 14.7. The SMILES string of the molecule is CCCCCCCCCC(C)(C)C(N)c1ccccc1. The lowest BCUT2D eigenvalue weighted by molar-refractivity contribution is 0.255. The van der Waals surface area contributed by atoms with Crippen LogP contribution >= 0.6 is 0 Å². The van der Waals surface area contributed by atoms with Gasteiger partial charge in [0.15, 0.2) is 0 Å². The van der Waals surface area contributed by atoms with Crippen LogP contribution in [0.5, 0.6) is 0 Å². The molecule has 0 aromatic heterocycles. The highest BCUT2D eigenvalue weighted by molar-refractivity contribution is 5.20. The van der Waals surface area contributed by atoms with E-state index in [-0.39, 0.29) is 11.5 Å². The number of hydrogen-bond donors (Lipinski definition) is 1. The molecular formula is C19H33N. The normalized spacial score (nSPS) is 13.4. The van der Waals surface area contributed by atoms with E-state index in [2.05, 4.69) is 51.1 Å².